The Morgan fingerprint density at radius 2 is 2.00 bits per heavy atom. The molecule has 5 heteroatoms. The topological polar surface area (TPSA) is 38.1 Å². The van der Waals surface area contributed by atoms with Crippen molar-refractivity contribution in [1.29, 1.82) is 0 Å². The van der Waals surface area contributed by atoms with Crippen molar-refractivity contribution in [2.75, 3.05) is 13.1 Å². The Bertz CT molecular complexity index is 1070. The van der Waals surface area contributed by atoms with E-state index >= 15 is 0 Å². The van der Waals surface area contributed by atoms with E-state index in [1.165, 1.54) is 18.6 Å². The van der Waals surface area contributed by atoms with Crippen LogP contribution in [-0.4, -0.2) is 33.4 Å². The van der Waals surface area contributed by atoms with E-state index in [4.69, 9.17) is 0 Å². The van der Waals surface area contributed by atoms with Crippen molar-refractivity contribution in [2.45, 2.75) is 38.1 Å². The van der Waals surface area contributed by atoms with E-state index in [2.05, 4.69) is 28.6 Å². The lowest BCUT2D eigenvalue weighted by Gasteiger charge is -2.35. The first kappa shape index (κ1) is 19.0. The van der Waals surface area contributed by atoms with Gasteiger partial charge in [0.25, 0.3) is 0 Å². The van der Waals surface area contributed by atoms with Crippen molar-refractivity contribution >= 4 is 5.91 Å². The van der Waals surface area contributed by atoms with Gasteiger partial charge >= 0.3 is 0 Å². The molecule has 2 aromatic carbocycles. The van der Waals surface area contributed by atoms with Crippen LogP contribution in [0.1, 0.15) is 43.7 Å². The highest BCUT2D eigenvalue weighted by Crippen LogP contribution is 2.49. The van der Waals surface area contributed by atoms with Crippen molar-refractivity contribution in [3.05, 3.63) is 77.9 Å². The van der Waals surface area contributed by atoms with Gasteiger partial charge in [0.2, 0.25) is 5.91 Å². The number of fused-ring (bicyclic) bond motifs is 3. The number of carbonyl (C=O) groups is 1. The van der Waals surface area contributed by atoms with Crippen LogP contribution in [0.2, 0.25) is 0 Å². The number of hydrogen-bond acceptors (Lipinski definition) is 2. The van der Waals surface area contributed by atoms with Gasteiger partial charge in [-0.3, -0.25) is 4.79 Å². The molecule has 1 amide bonds. The van der Waals surface area contributed by atoms with E-state index in [0.717, 1.165) is 42.0 Å². The van der Waals surface area contributed by atoms with Gasteiger partial charge < -0.3 is 9.47 Å². The lowest BCUT2D eigenvalue weighted by Crippen LogP contribution is -2.41. The number of carbonyl (C=O) groups excluding carboxylic acids is 1. The molecular formula is C25H26FN3O. The summed E-state index contributed by atoms with van der Waals surface area (Å²) in [5.74, 6) is 1.40. The van der Waals surface area contributed by atoms with Gasteiger partial charge in [-0.15, -0.1) is 0 Å². The minimum atomic E-state index is -0.562. The summed E-state index contributed by atoms with van der Waals surface area (Å²) in [7, 11) is 0. The number of piperidine rings is 1. The number of aromatic nitrogens is 2. The summed E-state index contributed by atoms with van der Waals surface area (Å²) >= 11 is 0. The van der Waals surface area contributed by atoms with Gasteiger partial charge in [-0.05, 0) is 48.4 Å². The van der Waals surface area contributed by atoms with Gasteiger partial charge in [0.1, 0.15) is 11.6 Å². The summed E-state index contributed by atoms with van der Waals surface area (Å²) in [6.45, 7) is 3.90. The molecule has 0 bridgehead atoms. The van der Waals surface area contributed by atoms with E-state index in [0.29, 0.717) is 18.8 Å². The first-order chi connectivity index (χ1) is 14.6. The van der Waals surface area contributed by atoms with Crippen molar-refractivity contribution in [3.8, 4) is 11.4 Å². The number of amides is 1. The Kier molecular flexibility index (Phi) is 4.69. The molecule has 0 spiro atoms. The Balaban J connectivity index is 1.56. The first-order valence-electron chi connectivity index (χ1n) is 10.8. The number of imidazole rings is 1. The Morgan fingerprint density at radius 3 is 2.80 bits per heavy atom. The average molecular weight is 404 g/mol. The third kappa shape index (κ3) is 2.95. The van der Waals surface area contributed by atoms with Crippen molar-refractivity contribution < 1.29 is 9.18 Å². The van der Waals surface area contributed by atoms with Crippen molar-refractivity contribution in [3.63, 3.8) is 0 Å². The zero-order valence-electron chi connectivity index (χ0n) is 17.2. The third-order valence-electron chi connectivity index (χ3n) is 6.70. The van der Waals surface area contributed by atoms with Gasteiger partial charge in [0, 0.05) is 37.5 Å². The van der Waals surface area contributed by atoms with Crippen LogP contribution in [0.25, 0.3) is 11.4 Å². The van der Waals surface area contributed by atoms with Crippen LogP contribution in [0.3, 0.4) is 0 Å². The lowest BCUT2D eigenvalue weighted by molar-refractivity contribution is -0.133. The molecule has 154 valence electrons. The van der Waals surface area contributed by atoms with E-state index < -0.39 is 5.54 Å². The smallest absolute Gasteiger partial charge is 0.222 e. The van der Waals surface area contributed by atoms with E-state index in [9.17, 15) is 9.18 Å². The van der Waals surface area contributed by atoms with Gasteiger partial charge in [0.15, 0.2) is 0 Å². The van der Waals surface area contributed by atoms with E-state index in [1.807, 2.05) is 35.4 Å². The molecule has 1 aromatic heterocycles. The molecule has 2 atom stereocenters. The second-order valence-corrected chi connectivity index (χ2v) is 8.62. The Morgan fingerprint density at radius 1 is 1.20 bits per heavy atom. The van der Waals surface area contributed by atoms with E-state index in [1.54, 1.807) is 6.20 Å². The molecular weight excluding hydrogens is 377 g/mol. The highest BCUT2D eigenvalue weighted by Gasteiger charge is 2.45. The van der Waals surface area contributed by atoms with Crippen LogP contribution >= 0.6 is 0 Å². The second kappa shape index (κ2) is 7.38. The van der Waals surface area contributed by atoms with Gasteiger partial charge in [0.05, 0.1) is 5.54 Å². The summed E-state index contributed by atoms with van der Waals surface area (Å²) < 4.78 is 15.9. The molecule has 4 nitrogen and oxygen atoms in total. The fourth-order valence-electron chi connectivity index (χ4n) is 5.26. The number of hydrogen-bond donors (Lipinski definition) is 0. The monoisotopic (exact) mass is 403 g/mol. The average Bonchev–Trinajstić information content (AvgIpc) is 3.34. The van der Waals surface area contributed by atoms with E-state index in [-0.39, 0.29) is 11.7 Å². The fraction of sp³-hybridized carbons (Fsp3) is 0.360. The Hall–Kier alpha value is -2.95. The molecule has 1 saturated heterocycles. The summed E-state index contributed by atoms with van der Waals surface area (Å²) in [6, 6.07) is 14.9. The van der Waals surface area contributed by atoms with Crippen LogP contribution in [-0.2, 0) is 10.3 Å². The molecule has 30 heavy (non-hydrogen) atoms. The number of benzene rings is 2. The quantitative estimate of drug-likeness (QED) is 0.626. The molecule has 3 aromatic rings. The van der Waals surface area contributed by atoms with Gasteiger partial charge in [-0.1, -0.05) is 43.3 Å². The molecule has 2 unspecified atom stereocenters. The number of likely N-dealkylation sites (tertiary alicyclic amines) is 1. The van der Waals surface area contributed by atoms with Gasteiger partial charge in [-0.2, -0.15) is 0 Å². The Labute approximate surface area is 176 Å². The fourth-order valence-corrected chi connectivity index (χ4v) is 5.26. The molecule has 0 radical (unpaired) electrons. The van der Waals surface area contributed by atoms with Crippen LogP contribution in [0.5, 0.6) is 0 Å². The SMILES string of the molecule is CC1CCCN(C(=O)CCC2(c3ccc(F)cc3)c3ccccc3-c3nccn32)C1. The normalized spacial score (nSPS) is 22.6. The molecule has 1 fully saturated rings. The first-order valence-corrected chi connectivity index (χ1v) is 10.8. The zero-order valence-corrected chi connectivity index (χ0v) is 17.2. The number of rotatable bonds is 4. The van der Waals surface area contributed by atoms with Crippen LogP contribution in [0.15, 0.2) is 60.9 Å². The zero-order chi connectivity index (χ0) is 20.7. The molecule has 2 aliphatic heterocycles. The molecule has 0 aliphatic carbocycles. The molecule has 5 rings (SSSR count). The lowest BCUT2D eigenvalue weighted by atomic mass is 9.79. The number of nitrogens with zero attached hydrogens (tertiary/aromatic N) is 3. The van der Waals surface area contributed by atoms with Crippen molar-refractivity contribution in [2.24, 2.45) is 5.92 Å². The second-order valence-electron chi connectivity index (χ2n) is 8.62. The van der Waals surface area contributed by atoms with Crippen molar-refractivity contribution in [1.82, 2.24) is 14.5 Å². The molecule has 0 saturated carbocycles. The van der Waals surface area contributed by atoms with Crippen LogP contribution in [0.4, 0.5) is 4.39 Å². The molecule has 3 heterocycles. The summed E-state index contributed by atoms with van der Waals surface area (Å²) in [6.07, 6.45) is 7.10. The standard InChI is InChI=1S/C25H26FN3O/c1-18-5-4-15-28(17-18)23(30)12-13-25(19-8-10-20(26)11-9-19)22-7-3-2-6-21(22)24-27-14-16-29(24)25/h2-3,6-11,14,16,18H,4-5,12-13,15,17H2,1H3. The summed E-state index contributed by atoms with van der Waals surface area (Å²) in [5.41, 5.74) is 2.62. The maximum atomic E-state index is 13.7. The van der Waals surface area contributed by atoms with Crippen LogP contribution < -0.4 is 0 Å². The predicted molar refractivity (Wildman–Crippen MR) is 114 cm³/mol. The maximum Gasteiger partial charge on any atom is 0.222 e. The highest BCUT2D eigenvalue weighted by molar-refractivity contribution is 5.77. The van der Waals surface area contributed by atoms with Crippen LogP contribution in [0, 0.1) is 11.7 Å². The van der Waals surface area contributed by atoms with Gasteiger partial charge in [-0.25, -0.2) is 9.37 Å². The minimum absolute atomic E-state index is 0.203. The predicted octanol–water partition coefficient (Wildman–Crippen LogP) is 4.83. The summed E-state index contributed by atoms with van der Waals surface area (Å²) in [4.78, 5) is 19.7. The minimum Gasteiger partial charge on any atom is -0.342 e. The third-order valence-corrected chi connectivity index (χ3v) is 6.70. The molecule has 2 aliphatic rings. The highest BCUT2D eigenvalue weighted by atomic mass is 19.1. The molecule has 0 N–H and O–H groups in total. The maximum absolute atomic E-state index is 13.7. The number of halogens is 1. The largest absolute Gasteiger partial charge is 0.342 e. The summed E-state index contributed by atoms with van der Waals surface area (Å²) in [5, 5.41) is 0.